The van der Waals surface area contributed by atoms with Crippen LogP contribution in [-0.2, 0) is 10.2 Å². The monoisotopic (exact) mass is 311 g/mol. The van der Waals surface area contributed by atoms with Crippen LogP contribution in [0.1, 0.15) is 24.8 Å². The summed E-state index contributed by atoms with van der Waals surface area (Å²) in [7, 11) is -3.60. The Morgan fingerprint density at radius 2 is 2.00 bits per heavy atom. The third-order valence-electron chi connectivity index (χ3n) is 3.19. The van der Waals surface area contributed by atoms with Crippen LogP contribution in [0.5, 0.6) is 0 Å². The maximum atomic E-state index is 13.5. The molecule has 114 valence electrons. The molecule has 0 bridgehead atoms. The number of benzene rings is 1. The fraction of sp³-hybridized carbons (Fsp3) is 0.429. The molecule has 21 heavy (non-hydrogen) atoms. The molecule has 1 heterocycles. The molecule has 1 aromatic carbocycles. The molecule has 0 saturated carbocycles. The normalized spacial score (nSPS) is 16.1. The minimum absolute atomic E-state index is 0.114. The van der Waals surface area contributed by atoms with Crippen LogP contribution in [0.2, 0.25) is 0 Å². The van der Waals surface area contributed by atoms with Gasteiger partial charge in [0.1, 0.15) is 5.82 Å². The number of nitrogens with one attached hydrogen (secondary N) is 1. The van der Waals surface area contributed by atoms with Crippen LogP contribution in [0.4, 0.5) is 10.1 Å². The number of hydrogen-bond acceptors (Lipinski definition) is 3. The van der Waals surface area contributed by atoms with Gasteiger partial charge in [-0.2, -0.15) is 12.7 Å². The number of halogens is 1. The van der Waals surface area contributed by atoms with E-state index < -0.39 is 16.0 Å². The third-order valence-corrected chi connectivity index (χ3v) is 4.73. The zero-order chi connectivity index (χ0) is 15.3. The Morgan fingerprint density at radius 3 is 2.67 bits per heavy atom. The third kappa shape index (κ3) is 4.17. The second-order valence-electron chi connectivity index (χ2n) is 4.77. The first-order valence-corrected chi connectivity index (χ1v) is 8.23. The number of nitrogens with zero attached hydrogens (tertiary/aromatic N) is 1. The van der Waals surface area contributed by atoms with Crippen LogP contribution in [0, 0.1) is 17.7 Å². The predicted molar refractivity (Wildman–Crippen MR) is 80.3 cm³/mol. The van der Waals surface area contributed by atoms with Gasteiger partial charge in [-0.05, 0) is 31.0 Å². The van der Waals surface area contributed by atoms with E-state index in [9.17, 15) is 12.8 Å². The second-order valence-corrected chi connectivity index (χ2v) is 6.44. The molecule has 3 N–H and O–H groups in total. The predicted octanol–water partition coefficient (Wildman–Crippen LogP) is 1.28. The summed E-state index contributed by atoms with van der Waals surface area (Å²) >= 11 is 0. The smallest absolute Gasteiger partial charge is 0.301 e. The molecule has 0 amide bonds. The maximum Gasteiger partial charge on any atom is 0.301 e. The summed E-state index contributed by atoms with van der Waals surface area (Å²) in [4.78, 5) is 0. The average Bonchev–Trinajstić information content (AvgIpc) is 2.48. The summed E-state index contributed by atoms with van der Waals surface area (Å²) in [6.45, 7) is 1.13. The maximum absolute atomic E-state index is 13.5. The van der Waals surface area contributed by atoms with Gasteiger partial charge in [0.15, 0.2) is 0 Å². The summed E-state index contributed by atoms with van der Waals surface area (Å²) in [6, 6.07) is 3.94. The first-order valence-electron chi connectivity index (χ1n) is 6.79. The van der Waals surface area contributed by atoms with Crippen LogP contribution in [0.3, 0.4) is 0 Å². The molecule has 0 radical (unpaired) electrons. The highest BCUT2D eigenvalue weighted by atomic mass is 32.2. The quantitative estimate of drug-likeness (QED) is 0.826. The molecule has 0 spiro atoms. The van der Waals surface area contributed by atoms with Gasteiger partial charge in [0.2, 0.25) is 0 Å². The first kappa shape index (κ1) is 15.8. The van der Waals surface area contributed by atoms with E-state index in [1.165, 1.54) is 22.5 Å². The van der Waals surface area contributed by atoms with E-state index in [-0.39, 0.29) is 12.1 Å². The Hall–Kier alpha value is -1.62. The van der Waals surface area contributed by atoms with E-state index in [0.29, 0.717) is 18.8 Å². The van der Waals surface area contributed by atoms with Gasteiger partial charge >= 0.3 is 10.2 Å². The molecule has 1 fully saturated rings. The topological polar surface area (TPSA) is 75.4 Å². The molecule has 0 atom stereocenters. The van der Waals surface area contributed by atoms with Gasteiger partial charge in [0.25, 0.3) is 0 Å². The van der Waals surface area contributed by atoms with Crippen molar-refractivity contribution >= 4 is 15.9 Å². The molecule has 1 aromatic rings. The highest BCUT2D eigenvalue weighted by molar-refractivity contribution is 7.90. The molecule has 0 aliphatic carbocycles. The fourth-order valence-corrected chi connectivity index (χ4v) is 3.44. The van der Waals surface area contributed by atoms with E-state index in [1.807, 2.05) is 0 Å². The van der Waals surface area contributed by atoms with Gasteiger partial charge in [-0.1, -0.05) is 18.3 Å². The van der Waals surface area contributed by atoms with Crippen molar-refractivity contribution < 1.29 is 12.8 Å². The lowest BCUT2D eigenvalue weighted by molar-refractivity contribution is 0.349. The van der Waals surface area contributed by atoms with Crippen molar-refractivity contribution in [2.24, 2.45) is 5.73 Å². The Balaban J connectivity index is 2.18. The van der Waals surface area contributed by atoms with Gasteiger partial charge in [-0.25, -0.2) is 4.39 Å². The summed E-state index contributed by atoms with van der Waals surface area (Å²) in [5, 5.41) is 0. The van der Waals surface area contributed by atoms with Gasteiger partial charge in [-0.15, -0.1) is 0 Å². The van der Waals surface area contributed by atoms with Gasteiger partial charge in [-0.3, -0.25) is 4.72 Å². The minimum Gasteiger partial charge on any atom is -0.320 e. The zero-order valence-electron chi connectivity index (χ0n) is 11.6. The highest BCUT2D eigenvalue weighted by Crippen LogP contribution is 2.19. The minimum atomic E-state index is -3.60. The van der Waals surface area contributed by atoms with Crippen LogP contribution >= 0.6 is 0 Å². The SMILES string of the molecule is NCC#Cc1cc(NS(=O)(=O)N2CCCCC2)ccc1F. The molecule has 7 heteroatoms. The fourth-order valence-electron chi connectivity index (χ4n) is 2.15. The second kappa shape index (κ2) is 6.89. The summed E-state index contributed by atoms with van der Waals surface area (Å²) in [5.74, 6) is 4.63. The largest absolute Gasteiger partial charge is 0.320 e. The summed E-state index contributed by atoms with van der Waals surface area (Å²) in [5.41, 5.74) is 5.67. The van der Waals surface area contributed by atoms with E-state index in [0.717, 1.165) is 19.3 Å². The molecule has 1 aliphatic rings. The standard InChI is InChI=1S/C14H18FN3O2S/c15-14-7-6-13(11-12(14)5-4-8-16)17-21(19,20)18-9-2-1-3-10-18/h6-7,11,17H,1-3,8-10,16H2. The number of piperidine rings is 1. The lowest BCUT2D eigenvalue weighted by atomic mass is 10.2. The highest BCUT2D eigenvalue weighted by Gasteiger charge is 2.23. The summed E-state index contributed by atoms with van der Waals surface area (Å²) in [6.07, 6.45) is 2.76. The van der Waals surface area contributed by atoms with Crippen molar-refractivity contribution in [1.29, 1.82) is 0 Å². The Kier molecular flexibility index (Phi) is 5.17. The van der Waals surface area contributed by atoms with Gasteiger partial charge in [0, 0.05) is 13.1 Å². The van der Waals surface area contributed by atoms with Crippen LogP contribution in [0.25, 0.3) is 0 Å². The average molecular weight is 311 g/mol. The molecule has 2 rings (SSSR count). The summed E-state index contributed by atoms with van der Waals surface area (Å²) < 4.78 is 41.9. The molecule has 0 aromatic heterocycles. The van der Waals surface area contributed by atoms with E-state index in [4.69, 9.17) is 5.73 Å². The number of hydrogen-bond donors (Lipinski definition) is 2. The van der Waals surface area contributed by atoms with Crippen molar-refractivity contribution in [3.8, 4) is 11.8 Å². The van der Waals surface area contributed by atoms with Crippen LogP contribution in [-0.4, -0.2) is 32.4 Å². The van der Waals surface area contributed by atoms with E-state index in [2.05, 4.69) is 16.6 Å². The van der Waals surface area contributed by atoms with Crippen molar-refractivity contribution in [3.63, 3.8) is 0 Å². The molecular weight excluding hydrogens is 293 g/mol. The number of anilines is 1. The molecule has 1 aliphatic heterocycles. The number of nitrogens with two attached hydrogens (primary N) is 1. The number of rotatable bonds is 3. The molecule has 1 saturated heterocycles. The van der Waals surface area contributed by atoms with E-state index >= 15 is 0 Å². The van der Waals surface area contributed by atoms with Gasteiger partial charge < -0.3 is 5.73 Å². The molecule has 5 nitrogen and oxygen atoms in total. The van der Waals surface area contributed by atoms with Crippen molar-refractivity contribution in [2.75, 3.05) is 24.4 Å². The first-order chi connectivity index (χ1) is 10.0. The Morgan fingerprint density at radius 1 is 1.29 bits per heavy atom. The van der Waals surface area contributed by atoms with Crippen molar-refractivity contribution in [2.45, 2.75) is 19.3 Å². The lowest BCUT2D eigenvalue weighted by Crippen LogP contribution is -2.39. The van der Waals surface area contributed by atoms with Crippen LogP contribution < -0.4 is 10.5 Å². The zero-order valence-corrected chi connectivity index (χ0v) is 12.4. The Labute approximate surface area is 124 Å². The van der Waals surface area contributed by atoms with Crippen molar-refractivity contribution in [1.82, 2.24) is 4.31 Å². The van der Waals surface area contributed by atoms with Crippen LogP contribution in [0.15, 0.2) is 18.2 Å². The molecule has 0 unspecified atom stereocenters. The van der Waals surface area contributed by atoms with Crippen molar-refractivity contribution in [3.05, 3.63) is 29.6 Å². The van der Waals surface area contributed by atoms with E-state index in [1.54, 1.807) is 0 Å². The lowest BCUT2D eigenvalue weighted by Gasteiger charge is -2.26. The Bertz CT molecular complexity index is 659. The van der Waals surface area contributed by atoms with Gasteiger partial charge in [0.05, 0.1) is 17.8 Å². The molecular formula is C14H18FN3O2S.